The van der Waals surface area contributed by atoms with Crippen LogP contribution in [-0.2, 0) is 6.42 Å². The van der Waals surface area contributed by atoms with Crippen LogP contribution < -0.4 is 16.0 Å². The van der Waals surface area contributed by atoms with E-state index in [9.17, 15) is 13.2 Å². The van der Waals surface area contributed by atoms with Gasteiger partial charge in [-0.1, -0.05) is 12.1 Å². The van der Waals surface area contributed by atoms with Gasteiger partial charge in [-0.15, -0.1) is 0 Å². The van der Waals surface area contributed by atoms with Crippen LogP contribution in [0.15, 0.2) is 24.3 Å². The van der Waals surface area contributed by atoms with Gasteiger partial charge in [-0.05, 0) is 24.1 Å². The quantitative estimate of drug-likeness (QED) is 0.615. The Morgan fingerprint density at radius 1 is 1.44 bits per heavy atom. The van der Waals surface area contributed by atoms with Gasteiger partial charge in [0.05, 0.1) is 7.11 Å². The van der Waals surface area contributed by atoms with Crippen molar-refractivity contribution in [3.63, 3.8) is 0 Å². The highest BCUT2D eigenvalue weighted by atomic mass is 19.4. The number of rotatable bonds is 4. The first-order valence-corrected chi connectivity index (χ1v) is 4.63. The van der Waals surface area contributed by atoms with E-state index >= 15 is 0 Å². The third-order valence-corrected chi connectivity index (χ3v) is 2.17. The number of benzene rings is 1. The van der Waals surface area contributed by atoms with Crippen molar-refractivity contribution in [2.75, 3.05) is 7.11 Å². The first kappa shape index (κ1) is 12.8. The molecule has 0 radical (unpaired) electrons. The molecule has 1 unspecified atom stereocenters. The monoisotopic (exact) mass is 234 g/mol. The second kappa shape index (κ2) is 5.18. The Kier molecular flexibility index (Phi) is 4.14. The maximum Gasteiger partial charge on any atom is 0.405 e. The van der Waals surface area contributed by atoms with Gasteiger partial charge in [-0.2, -0.15) is 13.2 Å². The fourth-order valence-electron chi connectivity index (χ4n) is 1.30. The largest absolute Gasteiger partial charge is 0.497 e. The lowest BCUT2D eigenvalue weighted by Crippen LogP contribution is -2.47. The Morgan fingerprint density at radius 2 is 2.12 bits per heavy atom. The van der Waals surface area contributed by atoms with E-state index < -0.39 is 12.2 Å². The highest BCUT2D eigenvalue weighted by Gasteiger charge is 2.38. The zero-order valence-corrected chi connectivity index (χ0v) is 8.71. The maximum absolute atomic E-state index is 12.4. The van der Waals surface area contributed by atoms with E-state index in [0.717, 1.165) is 0 Å². The highest BCUT2D eigenvalue weighted by Crippen LogP contribution is 2.23. The Hall–Kier alpha value is -1.27. The van der Waals surface area contributed by atoms with Crippen LogP contribution >= 0.6 is 0 Å². The van der Waals surface area contributed by atoms with Gasteiger partial charge < -0.3 is 4.74 Å². The molecule has 1 rings (SSSR count). The summed E-state index contributed by atoms with van der Waals surface area (Å²) in [5, 5.41) is 0. The molecule has 0 aromatic heterocycles. The number of alkyl halides is 3. The van der Waals surface area contributed by atoms with Crippen LogP contribution in [0.5, 0.6) is 5.75 Å². The standard InChI is InChI=1S/C10H13F3N2O/c1-16-8-4-2-3-7(5-8)6-9(15-14)10(11,12)13/h2-5,9,15H,6,14H2,1H3. The molecule has 0 saturated heterocycles. The van der Waals surface area contributed by atoms with Crippen LogP contribution in [0.4, 0.5) is 13.2 Å². The van der Waals surface area contributed by atoms with Crippen molar-refractivity contribution in [1.29, 1.82) is 0 Å². The summed E-state index contributed by atoms with van der Waals surface area (Å²) in [6.45, 7) is 0. The van der Waals surface area contributed by atoms with E-state index in [1.807, 2.05) is 0 Å². The molecule has 16 heavy (non-hydrogen) atoms. The normalized spacial score (nSPS) is 13.6. The van der Waals surface area contributed by atoms with Gasteiger partial charge in [0.1, 0.15) is 11.8 Å². The number of nitrogens with one attached hydrogen (secondary N) is 1. The molecule has 90 valence electrons. The minimum Gasteiger partial charge on any atom is -0.497 e. The van der Waals surface area contributed by atoms with E-state index in [0.29, 0.717) is 11.3 Å². The van der Waals surface area contributed by atoms with Gasteiger partial charge in [0, 0.05) is 0 Å². The van der Waals surface area contributed by atoms with Crippen LogP contribution in [0, 0.1) is 0 Å². The molecule has 0 aliphatic rings. The smallest absolute Gasteiger partial charge is 0.405 e. The Balaban J connectivity index is 2.78. The van der Waals surface area contributed by atoms with Crippen LogP contribution in [0.25, 0.3) is 0 Å². The molecule has 0 heterocycles. The summed E-state index contributed by atoms with van der Waals surface area (Å²) in [4.78, 5) is 0. The minimum absolute atomic E-state index is 0.225. The fourth-order valence-corrected chi connectivity index (χ4v) is 1.30. The summed E-state index contributed by atoms with van der Waals surface area (Å²) in [5.41, 5.74) is 2.28. The predicted molar refractivity (Wildman–Crippen MR) is 53.9 cm³/mol. The fraction of sp³-hybridized carbons (Fsp3) is 0.400. The summed E-state index contributed by atoms with van der Waals surface area (Å²) < 4.78 is 42.2. The van der Waals surface area contributed by atoms with Crippen molar-refractivity contribution in [3.05, 3.63) is 29.8 Å². The van der Waals surface area contributed by atoms with Crippen molar-refractivity contribution in [3.8, 4) is 5.75 Å². The van der Waals surface area contributed by atoms with Crippen molar-refractivity contribution in [2.24, 2.45) is 5.84 Å². The lowest BCUT2D eigenvalue weighted by atomic mass is 10.1. The number of halogens is 3. The molecule has 1 aromatic rings. The van der Waals surface area contributed by atoms with Crippen LogP contribution in [0.3, 0.4) is 0 Å². The molecule has 0 amide bonds. The van der Waals surface area contributed by atoms with Crippen molar-refractivity contribution >= 4 is 0 Å². The lowest BCUT2D eigenvalue weighted by molar-refractivity contribution is -0.155. The summed E-state index contributed by atoms with van der Waals surface area (Å²) in [7, 11) is 1.46. The molecule has 0 aliphatic heterocycles. The molecule has 0 saturated carbocycles. The van der Waals surface area contributed by atoms with Crippen LogP contribution in [0.2, 0.25) is 0 Å². The highest BCUT2D eigenvalue weighted by molar-refractivity contribution is 5.29. The van der Waals surface area contributed by atoms with Crippen LogP contribution in [-0.4, -0.2) is 19.3 Å². The number of nitrogens with two attached hydrogens (primary N) is 1. The van der Waals surface area contributed by atoms with Crippen molar-refractivity contribution in [2.45, 2.75) is 18.6 Å². The summed E-state index contributed by atoms with van der Waals surface area (Å²) in [6.07, 6.45) is -4.59. The Bertz CT molecular complexity index is 341. The number of hydrogen-bond acceptors (Lipinski definition) is 3. The van der Waals surface area contributed by atoms with E-state index in [2.05, 4.69) is 0 Å². The van der Waals surface area contributed by atoms with Gasteiger partial charge in [-0.25, -0.2) is 5.43 Å². The van der Waals surface area contributed by atoms with Gasteiger partial charge in [0.25, 0.3) is 0 Å². The minimum atomic E-state index is -4.36. The Labute approximate surface area is 91.4 Å². The number of methoxy groups -OCH3 is 1. The summed E-state index contributed by atoms with van der Waals surface area (Å²) in [6, 6.07) is 4.70. The van der Waals surface area contributed by atoms with Crippen molar-refractivity contribution in [1.82, 2.24) is 5.43 Å². The van der Waals surface area contributed by atoms with E-state index in [1.54, 1.807) is 29.7 Å². The topological polar surface area (TPSA) is 47.3 Å². The maximum atomic E-state index is 12.4. The molecular weight excluding hydrogens is 221 g/mol. The first-order chi connectivity index (χ1) is 7.47. The molecule has 0 aliphatic carbocycles. The molecule has 0 spiro atoms. The number of ether oxygens (including phenoxy) is 1. The second-order valence-corrected chi connectivity index (χ2v) is 3.32. The Morgan fingerprint density at radius 3 is 2.62 bits per heavy atom. The van der Waals surface area contributed by atoms with Gasteiger partial charge >= 0.3 is 6.18 Å². The van der Waals surface area contributed by atoms with Crippen LogP contribution in [0.1, 0.15) is 5.56 Å². The number of hydrogen-bond donors (Lipinski definition) is 2. The first-order valence-electron chi connectivity index (χ1n) is 4.63. The average molecular weight is 234 g/mol. The second-order valence-electron chi connectivity index (χ2n) is 3.32. The van der Waals surface area contributed by atoms with Gasteiger partial charge in [0.2, 0.25) is 0 Å². The summed E-state index contributed by atoms with van der Waals surface area (Å²) in [5.74, 6) is 5.40. The van der Waals surface area contributed by atoms with E-state index in [1.165, 1.54) is 7.11 Å². The average Bonchev–Trinajstić information content (AvgIpc) is 2.24. The van der Waals surface area contributed by atoms with E-state index in [4.69, 9.17) is 10.6 Å². The third kappa shape index (κ3) is 3.39. The van der Waals surface area contributed by atoms with Gasteiger partial charge in [0.15, 0.2) is 0 Å². The third-order valence-electron chi connectivity index (χ3n) is 2.17. The molecule has 6 heteroatoms. The predicted octanol–water partition coefficient (Wildman–Crippen LogP) is 1.63. The SMILES string of the molecule is COc1cccc(CC(NN)C(F)(F)F)c1. The molecule has 0 bridgehead atoms. The van der Waals surface area contributed by atoms with Gasteiger partial charge in [-0.3, -0.25) is 5.84 Å². The van der Waals surface area contributed by atoms with E-state index in [-0.39, 0.29) is 6.42 Å². The molecule has 3 N–H and O–H groups in total. The molecule has 1 aromatic carbocycles. The molecule has 0 fully saturated rings. The van der Waals surface area contributed by atoms with Crippen molar-refractivity contribution < 1.29 is 17.9 Å². The molecule has 3 nitrogen and oxygen atoms in total. The molecular formula is C10H13F3N2O. The zero-order valence-electron chi connectivity index (χ0n) is 8.71. The molecule has 1 atom stereocenters. The lowest BCUT2D eigenvalue weighted by Gasteiger charge is -2.19. The zero-order chi connectivity index (χ0) is 12.2. The summed E-state index contributed by atoms with van der Waals surface area (Å²) >= 11 is 0. The number of hydrazine groups is 1.